The van der Waals surface area contributed by atoms with Crippen molar-refractivity contribution in [3.8, 4) is 0 Å². The Balaban J connectivity index is 1.95. The summed E-state index contributed by atoms with van der Waals surface area (Å²) in [6, 6.07) is 1.52. The molecule has 0 spiro atoms. The molecule has 23 heavy (non-hydrogen) atoms. The average molecular weight is 322 g/mol. The Bertz CT molecular complexity index is 624. The molecule has 0 bridgehead atoms. The van der Waals surface area contributed by atoms with E-state index in [-0.39, 0.29) is 30.2 Å². The highest BCUT2D eigenvalue weighted by Crippen LogP contribution is 2.27. The maximum absolute atomic E-state index is 13.0. The normalized spacial score (nSPS) is 22.0. The largest absolute Gasteiger partial charge is 0.478 e. The number of methoxy groups -OCH3 is 1. The summed E-state index contributed by atoms with van der Waals surface area (Å²) >= 11 is 0. The molecule has 1 aromatic rings. The van der Waals surface area contributed by atoms with Gasteiger partial charge in [0.05, 0.1) is 36.6 Å². The Morgan fingerprint density at radius 1 is 1.43 bits per heavy atom. The fourth-order valence-electron chi connectivity index (χ4n) is 3.52. The van der Waals surface area contributed by atoms with E-state index in [1.165, 1.54) is 6.07 Å². The molecule has 126 valence electrons. The molecule has 2 atom stereocenters. The van der Waals surface area contributed by atoms with Crippen molar-refractivity contribution in [1.82, 2.24) is 9.47 Å². The van der Waals surface area contributed by atoms with Gasteiger partial charge in [0, 0.05) is 20.2 Å². The average Bonchev–Trinajstić information content (AvgIpc) is 3.18. The molecule has 3 rings (SSSR count). The van der Waals surface area contributed by atoms with Crippen LogP contribution in [0.15, 0.2) is 6.07 Å². The van der Waals surface area contributed by atoms with Crippen LogP contribution in [0.2, 0.25) is 0 Å². The van der Waals surface area contributed by atoms with Gasteiger partial charge in [-0.1, -0.05) is 0 Å². The minimum Gasteiger partial charge on any atom is -0.478 e. The monoisotopic (exact) mass is 322 g/mol. The second-order valence-electron chi connectivity index (χ2n) is 6.05. The van der Waals surface area contributed by atoms with E-state index in [0.717, 1.165) is 12.8 Å². The molecular formula is C16H22N2O5. The van der Waals surface area contributed by atoms with Gasteiger partial charge in [-0.15, -0.1) is 0 Å². The molecule has 1 aromatic heterocycles. The minimum absolute atomic E-state index is 0.0340. The Morgan fingerprint density at radius 2 is 2.22 bits per heavy atom. The summed E-state index contributed by atoms with van der Waals surface area (Å²) in [5, 5.41) is 9.37. The Hall–Kier alpha value is -1.86. The van der Waals surface area contributed by atoms with Crippen LogP contribution in [0, 0.1) is 0 Å². The summed E-state index contributed by atoms with van der Waals surface area (Å²) in [6.07, 6.45) is 1.80. The van der Waals surface area contributed by atoms with Crippen LogP contribution >= 0.6 is 0 Å². The molecule has 0 aromatic carbocycles. The number of fused-ring (bicyclic) bond motifs is 1. The van der Waals surface area contributed by atoms with Gasteiger partial charge in [-0.3, -0.25) is 4.79 Å². The van der Waals surface area contributed by atoms with Crippen LogP contribution in [0.4, 0.5) is 0 Å². The van der Waals surface area contributed by atoms with Crippen molar-refractivity contribution >= 4 is 11.9 Å². The number of aromatic nitrogens is 1. The second-order valence-corrected chi connectivity index (χ2v) is 6.05. The van der Waals surface area contributed by atoms with E-state index in [4.69, 9.17) is 9.47 Å². The number of carboxylic acids is 1. The van der Waals surface area contributed by atoms with Crippen LogP contribution in [-0.4, -0.2) is 58.9 Å². The molecule has 2 aliphatic rings. The van der Waals surface area contributed by atoms with Crippen molar-refractivity contribution in [1.29, 1.82) is 0 Å². The Labute approximate surface area is 134 Å². The number of hydrogen-bond donors (Lipinski definition) is 1. The second kappa shape index (κ2) is 6.33. The summed E-state index contributed by atoms with van der Waals surface area (Å²) in [7, 11) is 1.64. The van der Waals surface area contributed by atoms with Crippen molar-refractivity contribution in [3.63, 3.8) is 0 Å². The molecule has 7 nitrogen and oxygen atoms in total. The molecule has 1 saturated heterocycles. The number of amides is 1. The lowest BCUT2D eigenvalue weighted by Gasteiger charge is -2.29. The topological polar surface area (TPSA) is 81.0 Å². The first-order valence-electron chi connectivity index (χ1n) is 7.91. The van der Waals surface area contributed by atoms with Gasteiger partial charge in [0.25, 0.3) is 5.91 Å². The van der Waals surface area contributed by atoms with E-state index in [1.54, 1.807) is 11.7 Å². The van der Waals surface area contributed by atoms with Crippen molar-refractivity contribution in [2.75, 3.05) is 20.3 Å². The lowest BCUT2D eigenvalue weighted by molar-refractivity contribution is 0.0340. The molecule has 0 saturated carbocycles. The SMILES string of the molecule is COC(C)C1CCCN1C(=O)c1cc(C(=O)O)c2n1CCOC2. The first kappa shape index (κ1) is 16.0. The molecule has 2 aliphatic heterocycles. The van der Waals surface area contributed by atoms with Crippen LogP contribution in [0.5, 0.6) is 0 Å². The highest BCUT2D eigenvalue weighted by Gasteiger charge is 2.36. The van der Waals surface area contributed by atoms with Gasteiger partial charge in [0.15, 0.2) is 0 Å². The number of nitrogens with zero attached hydrogens (tertiary/aromatic N) is 2. The van der Waals surface area contributed by atoms with Crippen molar-refractivity contribution in [2.45, 2.75) is 45.1 Å². The van der Waals surface area contributed by atoms with Crippen LogP contribution in [-0.2, 0) is 22.6 Å². The minimum atomic E-state index is -1.03. The zero-order valence-electron chi connectivity index (χ0n) is 13.4. The number of ether oxygens (including phenoxy) is 2. The van der Waals surface area contributed by atoms with Crippen molar-refractivity contribution in [2.24, 2.45) is 0 Å². The van der Waals surface area contributed by atoms with E-state index in [2.05, 4.69) is 0 Å². The number of rotatable bonds is 4. The molecule has 7 heteroatoms. The third-order valence-electron chi connectivity index (χ3n) is 4.83. The van der Waals surface area contributed by atoms with E-state index in [9.17, 15) is 14.7 Å². The predicted molar refractivity (Wildman–Crippen MR) is 81.6 cm³/mol. The number of carboxylic acid groups (broad SMARTS) is 1. The summed E-state index contributed by atoms with van der Waals surface area (Å²) in [5.41, 5.74) is 1.17. The maximum Gasteiger partial charge on any atom is 0.337 e. The summed E-state index contributed by atoms with van der Waals surface area (Å²) < 4.78 is 12.5. The van der Waals surface area contributed by atoms with Gasteiger partial charge >= 0.3 is 5.97 Å². The Kier molecular flexibility index (Phi) is 4.41. The maximum atomic E-state index is 13.0. The van der Waals surface area contributed by atoms with Crippen LogP contribution < -0.4 is 0 Å². The summed E-state index contributed by atoms with van der Waals surface area (Å²) in [6.45, 7) is 3.85. The molecule has 3 heterocycles. The van der Waals surface area contributed by atoms with Crippen LogP contribution in [0.3, 0.4) is 0 Å². The molecule has 0 radical (unpaired) electrons. The number of hydrogen-bond acceptors (Lipinski definition) is 4. The van der Waals surface area contributed by atoms with E-state index in [0.29, 0.717) is 31.1 Å². The molecule has 1 amide bonds. The van der Waals surface area contributed by atoms with Crippen LogP contribution in [0.1, 0.15) is 46.3 Å². The molecule has 1 N–H and O–H groups in total. The zero-order valence-corrected chi connectivity index (χ0v) is 13.4. The van der Waals surface area contributed by atoms with Gasteiger partial charge in [-0.05, 0) is 25.8 Å². The highest BCUT2D eigenvalue weighted by molar-refractivity contribution is 5.98. The van der Waals surface area contributed by atoms with Gasteiger partial charge < -0.3 is 24.0 Å². The zero-order chi connectivity index (χ0) is 16.6. The van der Waals surface area contributed by atoms with Crippen molar-refractivity contribution in [3.05, 3.63) is 23.0 Å². The number of carbonyl (C=O) groups excluding carboxylic acids is 1. The van der Waals surface area contributed by atoms with E-state index >= 15 is 0 Å². The van der Waals surface area contributed by atoms with Gasteiger partial charge in [0.2, 0.25) is 0 Å². The first-order valence-corrected chi connectivity index (χ1v) is 7.91. The molecule has 0 aliphatic carbocycles. The smallest absolute Gasteiger partial charge is 0.337 e. The van der Waals surface area contributed by atoms with Crippen LogP contribution in [0.25, 0.3) is 0 Å². The third kappa shape index (κ3) is 2.74. The van der Waals surface area contributed by atoms with Gasteiger partial charge in [-0.25, -0.2) is 4.79 Å². The highest BCUT2D eigenvalue weighted by atomic mass is 16.5. The lowest BCUT2D eigenvalue weighted by Crippen LogP contribution is -2.43. The molecule has 2 unspecified atom stereocenters. The number of aromatic carboxylic acids is 1. The van der Waals surface area contributed by atoms with Crippen molar-refractivity contribution < 1.29 is 24.2 Å². The van der Waals surface area contributed by atoms with E-state index in [1.807, 2.05) is 11.8 Å². The molecular weight excluding hydrogens is 300 g/mol. The third-order valence-corrected chi connectivity index (χ3v) is 4.83. The van der Waals surface area contributed by atoms with Gasteiger partial charge in [0.1, 0.15) is 5.69 Å². The number of carbonyl (C=O) groups is 2. The quantitative estimate of drug-likeness (QED) is 0.905. The first-order chi connectivity index (χ1) is 11.0. The predicted octanol–water partition coefficient (Wildman–Crippen LogP) is 1.36. The van der Waals surface area contributed by atoms with E-state index < -0.39 is 5.97 Å². The standard InChI is InChI=1S/C16H22N2O5/c1-10(22-2)12-4-3-5-18(12)15(19)13-8-11(16(20)21)14-9-23-7-6-17(13)14/h8,10,12H,3-7,9H2,1-2H3,(H,20,21). The lowest BCUT2D eigenvalue weighted by atomic mass is 10.1. The fraction of sp³-hybridized carbons (Fsp3) is 0.625. The molecule has 1 fully saturated rings. The number of likely N-dealkylation sites (tertiary alicyclic amines) is 1. The summed E-state index contributed by atoms with van der Waals surface area (Å²) in [4.78, 5) is 26.3. The Morgan fingerprint density at radius 3 is 2.91 bits per heavy atom. The summed E-state index contributed by atoms with van der Waals surface area (Å²) in [5.74, 6) is -1.14. The fourth-order valence-corrected chi connectivity index (χ4v) is 3.52. The van der Waals surface area contributed by atoms with Gasteiger partial charge in [-0.2, -0.15) is 0 Å².